The summed E-state index contributed by atoms with van der Waals surface area (Å²) in [7, 11) is -3.51. The van der Waals surface area contributed by atoms with E-state index in [1.54, 1.807) is 42.5 Å². The van der Waals surface area contributed by atoms with E-state index in [0.29, 0.717) is 43.4 Å². The van der Waals surface area contributed by atoms with Gasteiger partial charge in [0.1, 0.15) is 0 Å². The van der Waals surface area contributed by atoms with E-state index in [0.717, 1.165) is 9.37 Å². The van der Waals surface area contributed by atoms with E-state index in [1.165, 1.54) is 4.31 Å². The lowest BCUT2D eigenvalue weighted by atomic mass is 10.2. The first-order valence-electron chi connectivity index (χ1n) is 9.20. The molecule has 0 atom stereocenters. The van der Waals surface area contributed by atoms with E-state index >= 15 is 0 Å². The first kappa shape index (κ1) is 20.1. The monoisotopic (exact) mass is 482 g/mol. The fourth-order valence-electron chi connectivity index (χ4n) is 3.38. The zero-order valence-corrected chi connectivity index (χ0v) is 18.0. The highest BCUT2D eigenvalue weighted by atomic mass is 79.9. The van der Waals surface area contributed by atoms with Crippen molar-refractivity contribution >= 4 is 37.5 Å². The van der Waals surface area contributed by atoms with E-state index in [1.807, 2.05) is 0 Å². The molecule has 1 amide bonds. The number of ether oxygens (including phenoxy) is 2. The van der Waals surface area contributed by atoms with Crippen LogP contribution in [0.15, 0.2) is 51.8 Å². The molecule has 0 radical (unpaired) electrons. The van der Waals surface area contributed by atoms with Gasteiger partial charge in [-0.15, -0.1) is 0 Å². The predicted octanol–water partition coefficient (Wildman–Crippen LogP) is 0.706. The minimum absolute atomic E-state index is 0.122. The molecule has 29 heavy (non-hydrogen) atoms. The number of rotatable bonds is 5. The predicted molar refractivity (Wildman–Crippen MR) is 110 cm³/mol. The molecule has 1 saturated heterocycles. The molecule has 2 N–H and O–H groups in total. The molecular weight excluding hydrogens is 462 g/mol. The Hall–Kier alpha value is -2.14. The molecule has 154 valence electrons. The Bertz CT molecular complexity index is 1010. The normalized spacial score (nSPS) is 17.3. The lowest BCUT2D eigenvalue weighted by Crippen LogP contribution is -3.15. The average Bonchev–Trinajstić information content (AvgIpc) is 3.16. The number of piperazine rings is 1. The summed E-state index contributed by atoms with van der Waals surface area (Å²) < 4.78 is 38.4. The Kier molecular flexibility index (Phi) is 5.77. The van der Waals surface area contributed by atoms with Gasteiger partial charge < -0.3 is 19.7 Å². The molecule has 0 spiro atoms. The fraction of sp³-hybridized carbons (Fsp3) is 0.316. The number of amides is 1. The number of hydrogen-bond acceptors (Lipinski definition) is 5. The summed E-state index contributed by atoms with van der Waals surface area (Å²) in [6.07, 6.45) is 0. The topological polar surface area (TPSA) is 89.4 Å². The molecule has 2 heterocycles. The first-order valence-corrected chi connectivity index (χ1v) is 11.4. The highest BCUT2D eigenvalue weighted by Crippen LogP contribution is 2.34. The van der Waals surface area contributed by atoms with Gasteiger partial charge in [-0.05, 0) is 36.4 Å². The van der Waals surface area contributed by atoms with Crippen molar-refractivity contribution in [1.29, 1.82) is 0 Å². The standard InChI is InChI=1S/C19H20BrN3O5S/c20-14-1-4-16(5-2-14)29(25,26)23-9-7-22(8-10-23)12-19(24)21-15-3-6-17-18(11-15)28-13-27-17/h1-6,11H,7-10,12-13H2,(H,21,24)/p+1. The van der Waals surface area contributed by atoms with Crippen LogP contribution in [0.5, 0.6) is 11.5 Å². The lowest BCUT2D eigenvalue weighted by Gasteiger charge is -2.31. The van der Waals surface area contributed by atoms with Crippen molar-refractivity contribution in [2.24, 2.45) is 0 Å². The number of benzene rings is 2. The number of halogens is 1. The first-order chi connectivity index (χ1) is 13.9. The molecule has 2 aliphatic heterocycles. The van der Waals surface area contributed by atoms with Gasteiger partial charge in [0.15, 0.2) is 18.0 Å². The van der Waals surface area contributed by atoms with Crippen molar-refractivity contribution < 1.29 is 27.6 Å². The number of carbonyl (C=O) groups excluding carboxylic acids is 1. The Labute approximate surface area is 177 Å². The molecule has 10 heteroatoms. The van der Waals surface area contributed by atoms with Gasteiger partial charge in [-0.3, -0.25) is 4.79 Å². The quantitative estimate of drug-likeness (QED) is 0.654. The summed E-state index contributed by atoms with van der Waals surface area (Å²) in [6.45, 7) is 2.37. The number of hydrogen-bond donors (Lipinski definition) is 2. The van der Waals surface area contributed by atoms with Crippen LogP contribution in [0.3, 0.4) is 0 Å². The molecule has 0 bridgehead atoms. The van der Waals surface area contributed by atoms with Crippen LogP contribution in [0, 0.1) is 0 Å². The van der Waals surface area contributed by atoms with Gasteiger partial charge in [0.25, 0.3) is 5.91 Å². The molecule has 0 aromatic heterocycles. The van der Waals surface area contributed by atoms with Crippen LogP contribution in [0.1, 0.15) is 0 Å². The molecule has 2 aromatic carbocycles. The maximum atomic E-state index is 12.8. The van der Waals surface area contributed by atoms with Crippen molar-refractivity contribution in [3.63, 3.8) is 0 Å². The third-order valence-electron chi connectivity index (χ3n) is 4.95. The second kappa shape index (κ2) is 8.31. The lowest BCUT2D eigenvalue weighted by molar-refractivity contribution is -0.895. The van der Waals surface area contributed by atoms with Crippen LogP contribution in [0.2, 0.25) is 0 Å². The molecule has 0 aliphatic carbocycles. The summed E-state index contributed by atoms with van der Waals surface area (Å²) in [5, 5.41) is 2.86. The smallest absolute Gasteiger partial charge is 0.279 e. The van der Waals surface area contributed by atoms with Gasteiger partial charge in [0, 0.05) is 16.2 Å². The summed E-state index contributed by atoms with van der Waals surface area (Å²) >= 11 is 3.31. The van der Waals surface area contributed by atoms with Gasteiger partial charge >= 0.3 is 0 Å². The molecule has 2 aromatic rings. The van der Waals surface area contributed by atoms with E-state index in [-0.39, 0.29) is 24.1 Å². The van der Waals surface area contributed by atoms with Crippen molar-refractivity contribution in [3.05, 3.63) is 46.9 Å². The van der Waals surface area contributed by atoms with Crippen LogP contribution < -0.4 is 19.7 Å². The average molecular weight is 483 g/mol. The third kappa shape index (κ3) is 4.55. The number of nitrogens with one attached hydrogen (secondary N) is 2. The summed E-state index contributed by atoms with van der Waals surface area (Å²) in [4.78, 5) is 13.7. The largest absolute Gasteiger partial charge is 0.454 e. The van der Waals surface area contributed by atoms with Gasteiger partial charge in [-0.1, -0.05) is 15.9 Å². The molecular formula is C19H21BrN3O5S+. The molecule has 0 saturated carbocycles. The zero-order chi connectivity index (χ0) is 20.4. The van der Waals surface area contributed by atoms with E-state index in [9.17, 15) is 13.2 Å². The minimum Gasteiger partial charge on any atom is -0.454 e. The maximum absolute atomic E-state index is 12.8. The number of quaternary nitrogens is 1. The molecule has 0 unspecified atom stereocenters. The number of carbonyl (C=O) groups is 1. The number of fused-ring (bicyclic) bond motifs is 1. The molecule has 1 fully saturated rings. The SMILES string of the molecule is O=C(C[NH+]1CCN(S(=O)(=O)c2ccc(Br)cc2)CC1)Nc1ccc2c(c1)OCO2. The maximum Gasteiger partial charge on any atom is 0.279 e. The Morgan fingerprint density at radius 3 is 2.48 bits per heavy atom. The van der Waals surface area contributed by atoms with Crippen LogP contribution in [0.25, 0.3) is 0 Å². The third-order valence-corrected chi connectivity index (χ3v) is 7.39. The Balaban J connectivity index is 1.30. The summed E-state index contributed by atoms with van der Waals surface area (Å²) in [5.41, 5.74) is 0.648. The molecule has 4 rings (SSSR count). The van der Waals surface area contributed by atoms with E-state index in [2.05, 4.69) is 21.2 Å². The number of nitrogens with zero attached hydrogens (tertiary/aromatic N) is 1. The van der Waals surface area contributed by atoms with Gasteiger partial charge in [-0.25, -0.2) is 8.42 Å². The van der Waals surface area contributed by atoms with Crippen molar-refractivity contribution in [2.75, 3.05) is 44.8 Å². The second-order valence-electron chi connectivity index (χ2n) is 6.90. The summed E-state index contributed by atoms with van der Waals surface area (Å²) in [6, 6.07) is 11.9. The van der Waals surface area contributed by atoms with Gasteiger partial charge in [-0.2, -0.15) is 4.31 Å². The van der Waals surface area contributed by atoms with Crippen molar-refractivity contribution in [1.82, 2.24) is 4.31 Å². The molecule has 8 nitrogen and oxygen atoms in total. The van der Waals surface area contributed by atoms with Crippen LogP contribution in [-0.4, -0.2) is 58.1 Å². The van der Waals surface area contributed by atoms with E-state index in [4.69, 9.17) is 9.47 Å². The van der Waals surface area contributed by atoms with Gasteiger partial charge in [0.2, 0.25) is 16.8 Å². The minimum atomic E-state index is -3.51. The van der Waals surface area contributed by atoms with Crippen LogP contribution >= 0.6 is 15.9 Å². The van der Waals surface area contributed by atoms with E-state index < -0.39 is 10.0 Å². The highest BCUT2D eigenvalue weighted by Gasteiger charge is 2.31. The number of sulfonamides is 1. The number of anilines is 1. The van der Waals surface area contributed by atoms with Crippen LogP contribution in [-0.2, 0) is 14.8 Å². The van der Waals surface area contributed by atoms with Crippen molar-refractivity contribution in [2.45, 2.75) is 4.90 Å². The highest BCUT2D eigenvalue weighted by molar-refractivity contribution is 9.10. The second-order valence-corrected chi connectivity index (χ2v) is 9.75. The van der Waals surface area contributed by atoms with Crippen LogP contribution in [0.4, 0.5) is 5.69 Å². The molecule has 2 aliphatic rings. The fourth-order valence-corrected chi connectivity index (χ4v) is 5.09. The van der Waals surface area contributed by atoms with Gasteiger partial charge in [0.05, 0.1) is 31.1 Å². The zero-order valence-electron chi connectivity index (χ0n) is 15.6. The Morgan fingerprint density at radius 2 is 1.76 bits per heavy atom. The van der Waals surface area contributed by atoms with Crippen molar-refractivity contribution in [3.8, 4) is 11.5 Å². The Morgan fingerprint density at radius 1 is 1.07 bits per heavy atom. The summed E-state index contributed by atoms with van der Waals surface area (Å²) in [5.74, 6) is 1.15.